The largest absolute Gasteiger partial charge is 0.120 e. The van der Waals surface area contributed by atoms with E-state index in [4.69, 9.17) is 0 Å². The van der Waals surface area contributed by atoms with Gasteiger partial charge in [0.2, 0.25) is 0 Å². The highest BCUT2D eigenvalue weighted by Crippen LogP contribution is 2.36. The van der Waals surface area contributed by atoms with Gasteiger partial charge in [-0.1, -0.05) is 73.6 Å². The molecule has 0 radical (unpaired) electrons. The van der Waals surface area contributed by atoms with Crippen molar-refractivity contribution in [2.24, 2.45) is 5.41 Å². The lowest BCUT2D eigenvalue weighted by atomic mass is 9.88. The minimum atomic E-state index is 0.286. The molecule has 0 unspecified atom stereocenters. The molecule has 0 saturated carbocycles. The van der Waals surface area contributed by atoms with Crippen LogP contribution in [-0.2, 0) is 6.42 Å². The van der Waals surface area contributed by atoms with Gasteiger partial charge in [-0.3, -0.25) is 0 Å². The van der Waals surface area contributed by atoms with E-state index in [0.717, 1.165) is 6.42 Å². The third-order valence-electron chi connectivity index (χ3n) is 2.11. The van der Waals surface area contributed by atoms with Crippen molar-refractivity contribution < 1.29 is 0 Å². The van der Waals surface area contributed by atoms with Crippen LogP contribution in [0.15, 0.2) is 29.2 Å². The zero-order valence-corrected chi connectivity index (χ0v) is 14.2. The van der Waals surface area contributed by atoms with Gasteiger partial charge >= 0.3 is 0 Å². The Morgan fingerprint density at radius 3 is 1.83 bits per heavy atom. The van der Waals surface area contributed by atoms with Crippen LogP contribution in [0.1, 0.15) is 61.0 Å². The monoisotopic (exact) mass is 266 g/mol. The van der Waals surface area contributed by atoms with E-state index >= 15 is 0 Å². The second-order valence-corrected chi connectivity index (χ2v) is 8.43. The number of thioether (sulfide) groups is 1. The molecule has 1 rings (SSSR count). The van der Waals surface area contributed by atoms with E-state index in [2.05, 4.69) is 65.8 Å². The molecule has 0 saturated heterocycles. The Morgan fingerprint density at radius 1 is 0.889 bits per heavy atom. The van der Waals surface area contributed by atoms with E-state index in [-0.39, 0.29) is 4.75 Å². The molecular formula is C17H30S. The SMILES string of the molecule is CC.CC(C)(C)Cc1ccccc1SC(C)(C)C. The zero-order chi connectivity index (χ0) is 14.4. The van der Waals surface area contributed by atoms with E-state index in [0.29, 0.717) is 5.41 Å². The summed E-state index contributed by atoms with van der Waals surface area (Å²) in [6.07, 6.45) is 1.15. The predicted octanol–water partition coefficient (Wildman–Crippen LogP) is 6.19. The van der Waals surface area contributed by atoms with Crippen LogP contribution in [0.4, 0.5) is 0 Å². The van der Waals surface area contributed by atoms with Gasteiger partial charge in [-0.2, -0.15) is 0 Å². The fourth-order valence-electron chi connectivity index (χ4n) is 1.65. The molecule has 0 nitrogen and oxygen atoms in total. The predicted molar refractivity (Wildman–Crippen MR) is 86.6 cm³/mol. The Hall–Kier alpha value is -0.430. The second kappa shape index (κ2) is 7.23. The molecule has 0 bridgehead atoms. The molecule has 0 fully saturated rings. The normalized spacial score (nSPS) is 11.8. The third kappa shape index (κ3) is 7.81. The first-order chi connectivity index (χ1) is 8.17. The average molecular weight is 266 g/mol. The van der Waals surface area contributed by atoms with Crippen LogP contribution in [0.5, 0.6) is 0 Å². The first kappa shape index (κ1) is 17.6. The van der Waals surface area contributed by atoms with Crippen molar-refractivity contribution in [2.45, 2.75) is 71.5 Å². The maximum atomic E-state index is 2.30. The molecule has 1 heteroatoms. The van der Waals surface area contributed by atoms with Gasteiger partial charge in [-0.05, 0) is 23.5 Å². The molecule has 0 aliphatic rings. The average Bonchev–Trinajstić information content (AvgIpc) is 2.20. The molecule has 0 aromatic heterocycles. The van der Waals surface area contributed by atoms with Crippen molar-refractivity contribution in [3.05, 3.63) is 29.8 Å². The summed E-state index contributed by atoms with van der Waals surface area (Å²) < 4.78 is 0.286. The van der Waals surface area contributed by atoms with Gasteiger partial charge in [0.1, 0.15) is 0 Å². The summed E-state index contributed by atoms with van der Waals surface area (Å²) in [5.41, 5.74) is 1.84. The lowest BCUT2D eigenvalue weighted by molar-refractivity contribution is 0.408. The van der Waals surface area contributed by atoms with Crippen LogP contribution < -0.4 is 0 Å². The van der Waals surface area contributed by atoms with E-state index in [1.54, 1.807) is 0 Å². The van der Waals surface area contributed by atoms with Crippen LogP contribution in [-0.4, -0.2) is 4.75 Å². The molecule has 0 aliphatic carbocycles. The minimum Gasteiger partial charge on any atom is -0.120 e. The summed E-state index contributed by atoms with van der Waals surface area (Å²) in [5, 5.41) is 0. The molecule has 0 aliphatic heterocycles. The first-order valence-corrected chi connectivity index (χ1v) is 7.76. The topological polar surface area (TPSA) is 0 Å². The molecule has 0 heterocycles. The maximum Gasteiger partial charge on any atom is 0.0122 e. The van der Waals surface area contributed by atoms with Crippen molar-refractivity contribution in [1.29, 1.82) is 0 Å². The van der Waals surface area contributed by atoms with Gasteiger partial charge in [0.15, 0.2) is 0 Å². The van der Waals surface area contributed by atoms with E-state index in [1.165, 1.54) is 10.5 Å². The molecular weight excluding hydrogens is 236 g/mol. The summed E-state index contributed by atoms with van der Waals surface area (Å²) >= 11 is 1.97. The Morgan fingerprint density at radius 2 is 1.39 bits per heavy atom. The Bertz CT molecular complexity index is 304. The molecule has 104 valence electrons. The summed E-state index contributed by atoms with van der Waals surface area (Å²) in [7, 11) is 0. The summed E-state index contributed by atoms with van der Waals surface area (Å²) in [4.78, 5) is 1.44. The van der Waals surface area contributed by atoms with Crippen LogP contribution in [0, 0.1) is 5.41 Å². The third-order valence-corrected chi connectivity index (χ3v) is 3.34. The second-order valence-electron chi connectivity index (χ2n) is 6.56. The molecule has 18 heavy (non-hydrogen) atoms. The maximum absolute atomic E-state index is 2.30. The van der Waals surface area contributed by atoms with Crippen molar-refractivity contribution >= 4 is 11.8 Å². The number of hydrogen-bond acceptors (Lipinski definition) is 1. The smallest absolute Gasteiger partial charge is 0.0122 e. The lowest BCUT2D eigenvalue weighted by Crippen LogP contribution is -2.12. The van der Waals surface area contributed by atoms with Crippen LogP contribution in [0.2, 0.25) is 0 Å². The standard InChI is InChI=1S/C15H24S.C2H6/c1-14(2,3)11-12-9-7-8-10-13(12)16-15(4,5)6;1-2/h7-10H,11H2,1-6H3;1-2H3. The summed E-state index contributed by atoms with van der Waals surface area (Å²) in [5.74, 6) is 0. The van der Waals surface area contributed by atoms with E-state index in [9.17, 15) is 0 Å². The molecule has 0 amide bonds. The molecule has 0 N–H and O–H groups in total. The van der Waals surface area contributed by atoms with Gasteiger partial charge in [0, 0.05) is 9.64 Å². The van der Waals surface area contributed by atoms with Gasteiger partial charge in [0.05, 0.1) is 0 Å². The molecule has 1 aromatic rings. The first-order valence-electron chi connectivity index (χ1n) is 6.94. The Labute approximate surface area is 119 Å². The highest BCUT2D eigenvalue weighted by atomic mass is 32.2. The van der Waals surface area contributed by atoms with Crippen LogP contribution in [0.25, 0.3) is 0 Å². The molecule has 0 atom stereocenters. The van der Waals surface area contributed by atoms with E-state index < -0.39 is 0 Å². The fraction of sp³-hybridized carbons (Fsp3) is 0.647. The Kier molecular flexibility index (Phi) is 7.06. The Balaban J connectivity index is 0.00000137. The van der Waals surface area contributed by atoms with Gasteiger partial charge in [-0.15, -0.1) is 11.8 Å². The molecule has 0 spiro atoms. The van der Waals surface area contributed by atoms with Crippen molar-refractivity contribution in [3.8, 4) is 0 Å². The van der Waals surface area contributed by atoms with Gasteiger partial charge < -0.3 is 0 Å². The summed E-state index contributed by atoms with van der Waals surface area (Å²) in [6.45, 7) is 17.7. The highest BCUT2D eigenvalue weighted by molar-refractivity contribution is 8.00. The van der Waals surface area contributed by atoms with Crippen molar-refractivity contribution in [2.75, 3.05) is 0 Å². The number of benzene rings is 1. The summed E-state index contributed by atoms with van der Waals surface area (Å²) in [6, 6.07) is 8.80. The zero-order valence-electron chi connectivity index (χ0n) is 13.4. The van der Waals surface area contributed by atoms with Crippen molar-refractivity contribution in [3.63, 3.8) is 0 Å². The number of rotatable bonds is 2. The van der Waals surface area contributed by atoms with Gasteiger partial charge in [-0.25, -0.2) is 0 Å². The quantitative estimate of drug-likeness (QED) is 0.575. The lowest BCUT2D eigenvalue weighted by Gasteiger charge is -2.23. The number of hydrogen-bond donors (Lipinski definition) is 0. The fourth-order valence-corrected chi connectivity index (χ4v) is 2.73. The highest BCUT2D eigenvalue weighted by Gasteiger charge is 2.18. The van der Waals surface area contributed by atoms with Crippen LogP contribution >= 0.6 is 11.8 Å². The van der Waals surface area contributed by atoms with Crippen molar-refractivity contribution in [1.82, 2.24) is 0 Å². The minimum absolute atomic E-state index is 0.286. The van der Waals surface area contributed by atoms with Crippen LogP contribution in [0.3, 0.4) is 0 Å². The van der Waals surface area contributed by atoms with E-state index in [1.807, 2.05) is 25.6 Å². The molecule has 1 aromatic carbocycles. The van der Waals surface area contributed by atoms with Gasteiger partial charge in [0.25, 0.3) is 0 Å².